The third-order valence-corrected chi connectivity index (χ3v) is 4.35. The number of ether oxygens (including phenoxy) is 2. The number of nitrogens with two attached hydrogens (primary N) is 1. The van der Waals surface area contributed by atoms with Crippen LogP contribution in [0, 0.1) is 0 Å². The molecule has 1 fully saturated rings. The summed E-state index contributed by atoms with van der Waals surface area (Å²) in [6.07, 6.45) is -0.142. The first-order valence-corrected chi connectivity index (χ1v) is 7.47. The third kappa shape index (κ3) is 5.81. The maximum atomic E-state index is 12.0. The maximum Gasteiger partial charge on any atom is 0.216 e. The van der Waals surface area contributed by atoms with E-state index < -0.39 is 10.0 Å². The van der Waals surface area contributed by atoms with Gasteiger partial charge in [0.15, 0.2) is 0 Å². The van der Waals surface area contributed by atoms with E-state index in [0.29, 0.717) is 26.2 Å². The minimum atomic E-state index is -3.25. The van der Waals surface area contributed by atoms with Gasteiger partial charge >= 0.3 is 0 Å². The fraction of sp³-hybridized carbons (Fsp3) is 1.00. The molecule has 18 heavy (non-hydrogen) atoms. The Hall–Kier alpha value is 0.0800. The summed E-state index contributed by atoms with van der Waals surface area (Å²) >= 11 is 0. The van der Waals surface area contributed by atoms with E-state index in [-0.39, 0.29) is 37.0 Å². The molecule has 1 saturated heterocycles. The predicted molar refractivity (Wildman–Crippen MR) is 72.5 cm³/mol. The van der Waals surface area contributed by atoms with Gasteiger partial charge in [0, 0.05) is 19.6 Å². The lowest BCUT2D eigenvalue weighted by Crippen LogP contribution is -2.49. The average molecular weight is 303 g/mol. The number of nitrogens with zero attached hydrogens (tertiary/aromatic N) is 1. The molecule has 6 nitrogen and oxygen atoms in total. The molecule has 1 heterocycles. The molecule has 1 rings (SSSR count). The molecule has 8 heteroatoms. The predicted octanol–water partition coefficient (Wildman–Crippen LogP) is -0.177. The summed E-state index contributed by atoms with van der Waals surface area (Å²) in [7, 11) is -3.25. The summed E-state index contributed by atoms with van der Waals surface area (Å²) in [5.41, 5.74) is 5.48. The van der Waals surface area contributed by atoms with E-state index in [1.165, 1.54) is 4.31 Å². The minimum absolute atomic E-state index is 0. The van der Waals surface area contributed by atoms with Crippen molar-refractivity contribution in [2.75, 3.05) is 38.6 Å². The van der Waals surface area contributed by atoms with Crippen molar-refractivity contribution in [3.05, 3.63) is 0 Å². The van der Waals surface area contributed by atoms with Crippen LogP contribution in [-0.2, 0) is 19.5 Å². The molecule has 110 valence electrons. The average Bonchev–Trinajstić information content (AvgIpc) is 2.28. The van der Waals surface area contributed by atoms with Crippen molar-refractivity contribution in [1.82, 2.24) is 4.31 Å². The van der Waals surface area contributed by atoms with E-state index in [0.717, 1.165) is 0 Å². The molecule has 0 bridgehead atoms. The van der Waals surface area contributed by atoms with Crippen LogP contribution in [-0.4, -0.2) is 63.5 Å². The van der Waals surface area contributed by atoms with Crippen LogP contribution in [0.5, 0.6) is 0 Å². The maximum absolute atomic E-state index is 12.0. The summed E-state index contributed by atoms with van der Waals surface area (Å²) in [6, 6.07) is 0. The second-order valence-electron chi connectivity index (χ2n) is 4.32. The van der Waals surface area contributed by atoms with Gasteiger partial charge in [-0.3, -0.25) is 0 Å². The Morgan fingerprint density at radius 3 is 2.72 bits per heavy atom. The van der Waals surface area contributed by atoms with Crippen LogP contribution < -0.4 is 5.73 Å². The van der Waals surface area contributed by atoms with E-state index in [4.69, 9.17) is 15.2 Å². The molecule has 1 unspecified atom stereocenters. The summed E-state index contributed by atoms with van der Waals surface area (Å²) in [6.45, 7) is 5.49. The summed E-state index contributed by atoms with van der Waals surface area (Å²) < 4.78 is 36.0. The lowest BCUT2D eigenvalue weighted by molar-refractivity contribution is 0.00412. The van der Waals surface area contributed by atoms with Gasteiger partial charge in [-0.05, 0) is 13.8 Å². The summed E-state index contributed by atoms with van der Waals surface area (Å²) in [5, 5.41) is 0. The molecular formula is C10H23ClN2O4S. The normalized spacial score (nSPS) is 21.9. The van der Waals surface area contributed by atoms with Crippen molar-refractivity contribution in [2.45, 2.75) is 26.1 Å². The van der Waals surface area contributed by atoms with Gasteiger partial charge in [0.05, 0.1) is 31.2 Å². The zero-order valence-electron chi connectivity index (χ0n) is 10.9. The van der Waals surface area contributed by atoms with Gasteiger partial charge in [-0.25, -0.2) is 8.42 Å². The molecule has 0 amide bonds. The van der Waals surface area contributed by atoms with Gasteiger partial charge in [-0.1, -0.05) is 0 Å². The smallest absolute Gasteiger partial charge is 0.216 e. The van der Waals surface area contributed by atoms with E-state index in [1.54, 1.807) is 0 Å². The Labute approximate surface area is 115 Å². The number of morpholine rings is 1. The van der Waals surface area contributed by atoms with Crippen LogP contribution in [0.15, 0.2) is 0 Å². The lowest BCUT2D eigenvalue weighted by atomic mass is 10.3. The zero-order valence-corrected chi connectivity index (χ0v) is 12.5. The van der Waals surface area contributed by atoms with Crippen molar-refractivity contribution < 1.29 is 17.9 Å². The van der Waals surface area contributed by atoms with E-state index in [9.17, 15) is 8.42 Å². The molecule has 0 radical (unpaired) electrons. The molecule has 0 aromatic rings. The fourth-order valence-corrected chi connectivity index (χ4v) is 2.92. The highest BCUT2D eigenvalue weighted by Gasteiger charge is 2.28. The monoisotopic (exact) mass is 302 g/mol. The van der Waals surface area contributed by atoms with Crippen molar-refractivity contribution in [1.29, 1.82) is 0 Å². The molecule has 1 aliphatic heterocycles. The van der Waals surface area contributed by atoms with Crippen LogP contribution in [0.2, 0.25) is 0 Å². The largest absolute Gasteiger partial charge is 0.378 e. The highest BCUT2D eigenvalue weighted by atomic mass is 35.5. The van der Waals surface area contributed by atoms with Crippen LogP contribution in [0.3, 0.4) is 0 Å². The van der Waals surface area contributed by atoms with Gasteiger partial charge in [0.2, 0.25) is 10.0 Å². The number of hydrogen-bond acceptors (Lipinski definition) is 5. The Balaban J connectivity index is 0.00000289. The van der Waals surface area contributed by atoms with Gasteiger partial charge in [-0.2, -0.15) is 4.31 Å². The second-order valence-corrected chi connectivity index (χ2v) is 6.41. The molecule has 0 aromatic heterocycles. The molecule has 0 saturated carbocycles. The van der Waals surface area contributed by atoms with E-state index >= 15 is 0 Å². The quantitative estimate of drug-likeness (QED) is 0.736. The van der Waals surface area contributed by atoms with Crippen LogP contribution >= 0.6 is 12.4 Å². The van der Waals surface area contributed by atoms with E-state index in [2.05, 4.69) is 0 Å². The van der Waals surface area contributed by atoms with Crippen molar-refractivity contribution >= 4 is 22.4 Å². The van der Waals surface area contributed by atoms with Crippen LogP contribution in [0.4, 0.5) is 0 Å². The standard InChI is InChI=1S/C10H22N2O4S.ClH/c1-9(2)15-5-6-17(13,14)12-3-4-16-10(7-11)8-12;/h9-10H,3-8,11H2,1-2H3;1H. The Morgan fingerprint density at radius 1 is 1.50 bits per heavy atom. The molecule has 1 aliphatic rings. The molecule has 2 N–H and O–H groups in total. The van der Waals surface area contributed by atoms with Crippen molar-refractivity contribution in [3.8, 4) is 0 Å². The first-order chi connectivity index (χ1) is 7.95. The van der Waals surface area contributed by atoms with Crippen LogP contribution in [0.25, 0.3) is 0 Å². The van der Waals surface area contributed by atoms with Gasteiger partial charge < -0.3 is 15.2 Å². The SMILES string of the molecule is CC(C)OCCS(=O)(=O)N1CCOC(CN)C1.Cl. The zero-order chi connectivity index (χ0) is 12.9. The topological polar surface area (TPSA) is 81.9 Å². The van der Waals surface area contributed by atoms with Gasteiger partial charge in [-0.15, -0.1) is 12.4 Å². The first-order valence-electron chi connectivity index (χ1n) is 5.87. The Bertz CT molecular complexity index is 324. The number of hydrogen-bond donors (Lipinski definition) is 1. The molecule has 0 aliphatic carbocycles. The highest BCUT2D eigenvalue weighted by Crippen LogP contribution is 2.10. The fourth-order valence-electron chi connectivity index (χ4n) is 1.61. The summed E-state index contributed by atoms with van der Waals surface area (Å²) in [4.78, 5) is 0. The molecule has 1 atom stereocenters. The van der Waals surface area contributed by atoms with Crippen molar-refractivity contribution in [2.24, 2.45) is 5.73 Å². The Morgan fingerprint density at radius 2 is 2.17 bits per heavy atom. The lowest BCUT2D eigenvalue weighted by Gasteiger charge is -2.31. The highest BCUT2D eigenvalue weighted by molar-refractivity contribution is 7.89. The second kappa shape index (κ2) is 8.29. The van der Waals surface area contributed by atoms with Gasteiger partial charge in [0.1, 0.15) is 0 Å². The van der Waals surface area contributed by atoms with Crippen LogP contribution in [0.1, 0.15) is 13.8 Å². The van der Waals surface area contributed by atoms with E-state index in [1.807, 2.05) is 13.8 Å². The third-order valence-electron chi connectivity index (χ3n) is 2.55. The van der Waals surface area contributed by atoms with Crippen molar-refractivity contribution in [3.63, 3.8) is 0 Å². The molecule has 0 aromatic carbocycles. The first kappa shape index (κ1) is 18.1. The van der Waals surface area contributed by atoms with Gasteiger partial charge in [0.25, 0.3) is 0 Å². The number of rotatable bonds is 6. The minimum Gasteiger partial charge on any atom is -0.378 e. The molecular weight excluding hydrogens is 280 g/mol. The number of sulfonamides is 1. The summed E-state index contributed by atoms with van der Waals surface area (Å²) in [5.74, 6) is 0.0163. The Kier molecular flexibility index (Phi) is 8.33. The number of halogens is 1. The molecule has 0 spiro atoms.